The Bertz CT molecular complexity index is 631. The Kier molecular flexibility index (Phi) is 8.59. The van der Waals surface area contributed by atoms with Crippen molar-refractivity contribution < 1.29 is 9.53 Å². The maximum Gasteiger partial charge on any atom is 0.407 e. The smallest absolute Gasteiger partial charge is 0.407 e. The fraction of sp³-hybridized carbons (Fsp3) is 0.737. The molecule has 0 bridgehead atoms. The number of amides is 1. The summed E-state index contributed by atoms with van der Waals surface area (Å²) in [5.74, 6) is 1.16. The van der Waals surface area contributed by atoms with Crippen LogP contribution in [0, 0.1) is 0 Å². The van der Waals surface area contributed by atoms with E-state index in [2.05, 4.69) is 45.7 Å². The zero-order valence-electron chi connectivity index (χ0n) is 18.1. The molecule has 0 aliphatic heterocycles. The number of aryl methyl sites for hydroxylation is 1. The molecule has 0 radical (unpaired) electrons. The molecule has 0 saturated heterocycles. The molecule has 0 aliphatic carbocycles. The first-order valence-electron chi connectivity index (χ1n) is 9.52. The van der Waals surface area contributed by atoms with E-state index in [9.17, 15) is 4.79 Å². The third kappa shape index (κ3) is 8.32. The number of hydrogen-bond donors (Lipinski definition) is 2. The lowest BCUT2D eigenvalue weighted by atomic mass is 10.1. The second kappa shape index (κ2) is 10.2. The first kappa shape index (κ1) is 22.8. The third-order valence-electron chi connectivity index (χ3n) is 3.63. The summed E-state index contributed by atoms with van der Waals surface area (Å²) >= 11 is 0. The maximum absolute atomic E-state index is 11.7. The Morgan fingerprint density at radius 1 is 1.37 bits per heavy atom. The number of aromatic nitrogens is 2. The Hall–Kier alpha value is -2.25. The van der Waals surface area contributed by atoms with E-state index in [1.807, 2.05) is 46.5 Å². The number of nitrogens with zero attached hydrogens (tertiary/aromatic N) is 4. The fourth-order valence-corrected chi connectivity index (χ4v) is 2.60. The zero-order chi connectivity index (χ0) is 20.6. The summed E-state index contributed by atoms with van der Waals surface area (Å²) in [4.78, 5) is 18.4. The maximum atomic E-state index is 11.7. The number of carbonyl (C=O) groups is 1. The van der Waals surface area contributed by atoms with Crippen LogP contribution in [0.4, 0.5) is 4.79 Å². The highest BCUT2D eigenvalue weighted by Gasteiger charge is 2.16. The van der Waals surface area contributed by atoms with Crippen LogP contribution >= 0.6 is 0 Å². The van der Waals surface area contributed by atoms with Crippen molar-refractivity contribution in [1.29, 1.82) is 0 Å². The van der Waals surface area contributed by atoms with E-state index in [-0.39, 0.29) is 0 Å². The predicted molar refractivity (Wildman–Crippen MR) is 109 cm³/mol. The molecule has 0 saturated carbocycles. The zero-order valence-corrected chi connectivity index (χ0v) is 18.1. The Balaban J connectivity index is 2.66. The van der Waals surface area contributed by atoms with Crippen LogP contribution in [0.3, 0.4) is 0 Å². The van der Waals surface area contributed by atoms with Gasteiger partial charge in [0.05, 0.1) is 12.2 Å². The van der Waals surface area contributed by atoms with Crippen LogP contribution in [0.5, 0.6) is 0 Å². The van der Waals surface area contributed by atoms with Crippen LogP contribution in [-0.2, 0) is 18.3 Å². The van der Waals surface area contributed by atoms with E-state index in [0.29, 0.717) is 25.6 Å². The Morgan fingerprint density at radius 2 is 2.04 bits per heavy atom. The van der Waals surface area contributed by atoms with Gasteiger partial charge in [0.15, 0.2) is 5.96 Å². The second-order valence-electron chi connectivity index (χ2n) is 7.89. The summed E-state index contributed by atoms with van der Waals surface area (Å²) in [6.07, 6.45) is 1.63. The van der Waals surface area contributed by atoms with Crippen LogP contribution in [0.2, 0.25) is 0 Å². The Labute approximate surface area is 163 Å². The lowest BCUT2D eigenvalue weighted by Crippen LogP contribution is -2.39. The topological polar surface area (TPSA) is 83.8 Å². The molecule has 2 N–H and O–H groups in total. The van der Waals surface area contributed by atoms with E-state index >= 15 is 0 Å². The highest BCUT2D eigenvalue weighted by atomic mass is 16.6. The van der Waals surface area contributed by atoms with Gasteiger partial charge in [0.2, 0.25) is 0 Å². The number of ether oxygens (including phenoxy) is 1. The van der Waals surface area contributed by atoms with E-state index < -0.39 is 11.7 Å². The van der Waals surface area contributed by atoms with Crippen LogP contribution in [0.1, 0.15) is 58.7 Å². The van der Waals surface area contributed by atoms with Gasteiger partial charge in [-0.3, -0.25) is 9.67 Å². The van der Waals surface area contributed by atoms with Gasteiger partial charge in [0.25, 0.3) is 0 Å². The lowest BCUT2D eigenvalue weighted by molar-refractivity contribution is 0.0529. The van der Waals surface area contributed by atoms with Crippen molar-refractivity contribution in [3.8, 4) is 0 Å². The van der Waals surface area contributed by atoms with Gasteiger partial charge in [0, 0.05) is 45.5 Å². The van der Waals surface area contributed by atoms with Crippen molar-refractivity contribution in [3.05, 3.63) is 17.5 Å². The molecule has 0 aliphatic rings. The monoisotopic (exact) mass is 380 g/mol. The molecule has 1 aromatic rings. The number of hydrogen-bond acceptors (Lipinski definition) is 4. The summed E-state index contributed by atoms with van der Waals surface area (Å²) in [5.41, 5.74) is 1.79. The lowest BCUT2D eigenvalue weighted by Gasteiger charge is -2.22. The normalized spacial score (nSPS) is 12.3. The summed E-state index contributed by atoms with van der Waals surface area (Å²) in [6.45, 7) is 14.2. The third-order valence-corrected chi connectivity index (χ3v) is 3.63. The molecule has 0 atom stereocenters. The standard InChI is InChI=1S/C19H36N6O2/c1-9-20-17(21-10-11-22-18(26)27-19(4,5)6)24(7)12-15-13-25(8)23-16(15)14(2)3/h13-14H,9-12H2,1-8H3,(H,20,21)(H,22,26). The minimum Gasteiger partial charge on any atom is -0.444 e. The van der Waals surface area contributed by atoms with Gasteiger partial charge in [-0.25, -0.2) is 4.79 Å². The van der Waals surface area contributed by atoms with Gasteiger partial charge in [-0.2, -0.15) is 5.10 Å². The van der Waals surface area contributed by atoms with Gasteiger partial charge >= 0.3 is 6.09 Å². The van der Waals surface area contributed by atoms with E-state index in [4.69, 9.17) is 4.74 Å². The number of carbonyl (C=O) groups excluding carboxylic acids is 1. The molecular weight excluding hydrogens is 344 g/mol. The summed E-state index contributed by atoms with van der Waals surface area (Å²) in [6, 6.07) is 0. The number of guanidine groups is 1. The number of aliphatic imine (C=N–C) groups is 1. The van der Waals surface area contributed by atoms with Crippen LogP contribution in [0.15, 0.2) is 11.2 Å². The van der Waals surface area contributed by atoms with E-state index in [0.717, 1.165) is 18.2 Å². The van der Waals surface area contributed by atoms with Crippen molar-refractivity contribution in [3.63, 3.8) is 0 Å². The summed E-state index contributed by atoms with van der Waals surface area (Å²) in [7, 11) is 3.94. The van der Waals surface area contributed by atoms with Gasteiger partial charge < -0.3 is 20.3 Å². The largest absolute Gasteiger partial charge is 0.444 e. The van der Waals surface area contributed by atoms with Crippen LogP contribution in [-0.4, -0.2) is 59.0 Å². The van der Waals surface area contributed by atoms with Crippen LogP contribution in [0.25, 0.3) is 0 Å². The molecule has 1 amide bonds. The average molecular weight is 381 g/mol. The van der Waals surface area contributed by atoms with Crippen molar-refractivity contribution in [2.45, 2.75) is 59.6 Å². The molecule has 0 spiro atoms. The van der Waals surface area contributed by atoms with Gasteiger partial charge in [-0.15, -0.1) is 0 Å². The van der Waals surface area contributed by atoms with E-state index in [1.54, 1.807) is 0 Å². The SMILES string of the molecule is CCNC(=NCCNC(=O)OC(C)(C)C)N(C)Cc1cn(C)nc1C(C)C. The second-order valence-corrected chi connectivity index (χ2v) is 7.89. The molecule has 0 fully saturated rings. The van der Waals surface area contributed by atoms with Gasteiger partial charge in [0.1, 0.15) is 5.60 Å². The molecule has 0 aromatic carbocycles. The van der Waals surface area contributed by atoms with Gasteiger partial charge in [-0.1, -0.05) is 13.8 Å². The molecule has 154 valence electrons. The molecule has 0 unspecified atom stereocenters. The molecule has 1 rings (SSSR count). The van der Waals surface area contributed by atoms with Crippen molar-refractivity contribution in [2.24, 2.45) is 12.0 Å². The summed E-state index contributed by atoms with van der Waals surface area (Å²) < 4.78 is 7.08. The van der Waals surface area contributed by atoms with Crippen molar-refractivity contribution in [1.82, 2.24) is 25.3 Å². The first-order chi connectivity index (χ1) is 12.5. The predicted octanol–water partition coefficient (Wildman–Crippen LogP) is 2.47. The summed E-state index contributed by atoms with van der Waals surface area (Å²) in [5, 5.41) is 10.6. The molecule has 1 aromatic heterocycles. The number of alkyl carbamates (subject to hydrolysis) is 1. The molecular formula is C19H36N6O2. The minimum atomic E-state index is -0.500. The van der Waals surface area contributed by atoms with Crippen LogP contribution < -0.4 is 10.6 Å². The van der Waals surface area contributed by atoms with Gasteiger partial charge in [-0.05, 0) is 33.6 Å². The van der Waals surface area contributed by atoms with Crippen molar-refractivity contribution >= 4 is 12.1 Å². The number of nitrogens with one attached hydrogen (secondary N) is 2. The quantitative estimate of drug-likeness (QED) is 0.431. The number of rotatable bonds is 7. The molecule has 8 heteroatoms. The fourth-order valence-electron chi connectivity index (χ4n) is 2.60. The molecule has 1 heterocycles. The average Bonchev–Trinajstić information content (AvgIpc) is 2.89. The highest BCUT2D eigenvalue weighted by molar-refractivity contribution is 5.79. The van der Waals surface area contributed by atoms with Crippen molar-refractivity contribution in [2.75, 3.05) is 26.7 Å². The highest BCUT2D eigenvalue weighted by Crippen LogP contribution is 2.18. The minimum absolute atomic E-state index is 0.368. The first-order valence-corrected chi connectivity index (χ1v) is 9.52. The van der Waals surface area contributed by atoms with E-state index in [1.165, 1.54) is 5.56 Å². The Morgan fingerprint density at radius 3 is 2.59 bits per heavy atom. The molecule has 27 heavy (non-hydrogen) atoms. The molecule has 8 nitrogen and oxygen atoms in total.